The van der Waals surface area contributed by atoms with Gasteiger partial charge < -0.3 is 29.9 Å². The molecule has 5 heterocycles. The highest BCUT2D eigenvalue weighted by Crippen LogP contribution is 2.39. The van der Waals surface area contributed by atoms with E-state index in [2.05, 4.69) is 38.1 Å². The van der Waals surface area contributed by atoms with Crippen molar-refractivity contribution >= 4 is 49.8 Å². The number of piperidine rings is 1. The Morgan fingerprint density at radius 2 is 1.98 bits per heavy atom. The van der Waals surface area contributed by atoms with Gasteiger partial charge in [-0.1, -0.05) is 12.6 Å². The topological polar surface area (TPSA) is 139 Å². The number of nitrogens with one attached hydrogen (secondary N) is 2. The molecular weight excluding hydrogens is 601 g/mol. The SMILES string of the molecule is C=CC(=O)N[C@@H]1COC[C@@H]1c1ccc(N2CC(CS(C)(=O)=O)C2)c2cnc(Nc3ccnc(N4CC[C@@H](OC)[C@@H](F)C4)n3)cc12. The summed E-state index contributed by atoms with van der Waals surface area (Å²) in [6.45, 7) is 6.40. The molecular formula is C31H38FN7O5S. The molecule has 6 rings (SSSR count). The predicted molar refractivity (Wildman–Crippen MR) is 171 cm³/mol. The number of aromatic nitrogens is 3. The first-order valence-corrected chi connectivity index (χ1v) is 17.1. The second-order valence-electron chi connectivity index (χ2n) is 12.0. The minimum absolute atomic E-state index is 0.0743. The number of hydrogen-bond acceptors (Lipinski definition) is 11. The predicted octanol–water partition coefficient (Wildman–Crippen LogP) is 2.60. The third-order valence-corrected chi connectivity index (χ3v) is 9.78. The van der Waals surface area contributed by atoms with Crippen molar-refractivity contribution in [3.8, 4) is 0 Å². The highest BCUT2D eigenvalue weighted by atomic mass is 32.2. The zero-order valence-electron chi connectivity index (χ0n) is 25.4. The van der Waals surface area contributed by atoms with Crippen LogP contribution in [0.3, 0.4) is 0 Å². The van der Waals surface area contributed by atoms with E-state index >= 15 is 0 Å². The van der Waals surface area contributed by atoms with Crippen LogP contribution in [0.1, 0.15) is 17.9 Å². The smallest absolute Gasteiger partial charge is 0.243 e. The van der Waals surface area contributed by atoms with E-state index in [1.165, 1.54) is 19.4 Å². The minimum Gasteiger partial charge on any atom is -0.379 e. The van der Waals surface area contributed by atoms with E-state index in [1.54, 1.807) is 18.5 Å². The molecule has 0 aliphatic carbocycles. The number of hydrogen-bond donors (Lipinski definition) is 2. The third kappa shape index (κ3) is 6.87. The van der Waals surface area contributed by atoms with Crippen LogP contribution in [0.25, 0.3) is 10.8 Å². The molecule has 0 bridgehead atoms. The second kappa shape index (κ2) is 12.9. The number of sulfone groups is 1. The molecule has 3 aliphatic rings. The number of ether oxygens (including phenoxy) is 2. The van der Waals surface area contributed by atoms with E-state index in [0.29, 0.717) is 56.9 Å². The molecule has 240 valence electrons. The van der Waals surface area contributed by atoms with Crippen molar-refractivity contribution < 1.29 is 27.1 Å². The molecule has 1 amide bonds. The zero-order valence-corrected chi connectivity index (χ0v) is 26.2. The molecule has 0 spiro atoms. The molecule has 3 aromatic rings. The fraction of sp³-hybridized carbons (Fsp3) is 0.484. The first-order chi connectivity index (χ1) is 21.6. The summed E-state index contributed by atoms with van der Waals surface area (Å²) in [4.78, 5) is 29.9. The Bertz CT molecular complexity index is 1690. The van der Waals surface area contributed by atoms with Crippen LogP contribution in [0.4, 0.5) is 27.7 Å². The molecule has 12 nitrogen and oxygen atoms in total. The van der Waals surface area contributed by atoms with Gasteiger partial charge in [-0.2, -0.15) is 4.98 Å². The Balaban J connectivity index is 1.30. The number of amides is 1. The van der Waals surface area contributed by atoms with Gasteiger partial charge in [-0.3, -0.25) is 4.79 Å². The zero-order chi connectivity index (χ0) is 31.7. The van der Waals surface area contributed by atoms with E-state index < -0.39 is 22.1 Å². The van der Waals surface area contributed by atoms with E-state index in [1.807, 2.05) is 17.0 Å². The fourth-order valence-electron chi connectivity index (χ4n) is 6.49. The summed E-state index contributed by atoms with van der Waals surface area (Å²) < 4.78 is 49.3. The maximum Gasteiger partial charge on any atom is 0.243 e. The second-order valence-corrected chi connectivity index (χ2v) is 14.2. The van der Waals surface area contributed by atoms with E-state index in [4.69, 9.17) is 14.5 Å². The Hall–Kier alpha value is -3.88. The summed E-state index contributed by atoms with van der Waals surface area (Å²) in [7, 11) is -1.54. The van der Waals surface area contributed by atoms with Crippen LogP contribution in [0.5, 0.6) is 0 Å². The summed E-state index contributed by atoms with van der Waals surface area (Å²) in [5.74, 6) is 1.36. The number of benzene rings is 1. The Morgan fingerprint density at radius 3 is 2.71 bits per heavy atom. The number of carbonyl (C=O) groups is 1. The average Bonchev–Trinajstić information content (AvgIpc) is 3.45. The molecule has 3 saturated heterocycles. The van der Waals surface area contributed by atoms with E-state index in [9.17, 15) is 17.6 Å². The number of pyridine rings is 1. The summed E-state index contributed by atoms with van der Waals surface area (Å²) in [6.07, 6.45) is 4.94. The first kappa shape index (κ1) is 31.1. The molecule has 45 heavy (non-hydrogen) atoms. The molecule has 3 fully saturated rings. The van der Waals surface area contributed by atoms with Crippen LogP contribution in [-0.2, 0) is 24.1 Å². The highest BCUT2D eigenvalue weighted by Gasteiger charge is 2.35. The van der Waals surface area contributed by atoms with Crippen molar-refractivity contribution in [1.82, 2.24) is 20.3 Å². The van der Waals surface area contributed by atoms with Gasteiger partial charge in [-0.15, -0.1) is 0 Å². The number of methoxy groups -OCH3 is 1. The molecule has 2 aromatic heterocycles. The summed E-state index contributed by atoms with van der Waals surface area (Å²) in [5, 5.41) is 8.12. The van der Waals surface area contributed by atoms with Crippen LogP contribution in [0.2, 0.25) is 0 Å². The largest absolute Gasteiger partial charge is 0.379 e. The lowest BCUT2D eigenvalue weighted by molar-refractivity contribution is -0.117. The molecule has 1 aromatic carbocycles. The Labute approximate surface area is 261 Å². The van der Waals surface area contributed by atoms with Gasteiger partial charge >= 0.3 is 0 Å². The Kier molecular flexibility index (Phi) is 8.89. The van der Waals surface area contributed by atoms with Gasteiger partial charge in [0.2, 0.25) is 11.9 Å². The molecule has 2 N–H and O–H groups in total. The third-order valence-electron chi connectivity index (χ3n) is 8.71. The molecule has 14 heteroatoms. The number of anilines is 4. The standard InChI is InChI=1S/C31H38FN7O5S/c1-4-30(40)35-25-17-44-16-23(25)20-5-6-26(39-13-19(14-39)18-45(3,41)42)22-12-34-29(11-21(20)22)36-28-7-9-33-31(37-28)38-10-8-27(43-2)24(32)15-38/h4-7,9,11-12,19,23-25,27H,1,8,10,13-18H2,2-3H3,(H,35,40)(H,33,34,36,37)/t23-,24+,25-,27-/m1/s1. The lowest BCUT2D eigenvalue weighted by atomic mass is 9.89. The number of fused-ring (bicyclic) bond motifs is 1. The monoisotopic (exact) mass is 639 g/mol. The van der Waals surface area contributed by atoms with Crippen LogP contribution in [0, 0.1) is 5.92 Å². The number of alkyl halides is 1. The first-order valence-electron chi connectivity index (χ1n) is 15.0. The lowest BCUT2D eigenvalue weighted by Crippen LogP contribution is -2.49. The van der Waals surface area contributed by atoms with Gasteiger partial charge in [0.15, 0.2) is 0 Å². The van der Waals surface area contributed by atoms with Crippen molar-refractivity contribution in [2.75, 3.05) is 73.6 Å². The normalized spacial score (nSPS) is 24.0. The maximum absolute atomic E-state index is 14.6. The van der Waals surface area contributed by atoms with Crippen molar-refractivity contribution in [2.45, 2.75) is 30.7 Å². The quantitative estimate of drug-likeness (QED) is 0.317. The van der Waals surface area contributed by atoms with Gasteiger partial charge in [-0.05, 0) is 41.6 Å². The van der Waals surface area contributed by atoms with E-state index in [-0.39, 0.29) is 36.1 Å². The highest BCUT2D eigenvalue weighted by molar-refractivity contribution is 7.90. The van der Waals surface area contributed by atoms with E-state index in [0.717, 1.165) is 22.0 Å². The van der Waals surface area contributed by atoms with Gasteiger partial charge in [0.1, 0.15) is 27.6 Å². The minimum atomic E-state index is -3.06. The van der Waals surface area contributed by atoms with Gasteiger partial charge in [0, 0.05) is 68.3 Å². The van der Waals surface area contributed by atoms with Crippen molar-refractivity contribution in [1.29, 1.82) is 0 Å². The van der Waals surface area contributed by atoms with Crippen molar-refractivity contribution in [3.63, 3.8) is 0 Å². The molecule has 0 radical (unpaired) electrons. The fourth-order valence-corrected chi connectivity index (χ4v) is 7.56. The number of rotatable bonds is 10. The van der Waals surface area contributed by atoms with Crippen LogP contribution in [0.15, 0.2) is 49.3 Å². The summed E-state index contributed by atoms with van der Waals surface area (Å²) in [6, 6.07) is 7.54. The number of halogens is 1. The number of nitrogens with zero attached hydrogens (tertiary/aromatic N) is 5. The van der Waals surface area contributed by atoms with Gasteiger partial charge in [0.25, 0.3) is 0 Å². The molecule has 3 aliphatic heterocycles. The molecule has 0 unspecified atom stereocenters. The summed E-state index contributed by atoms with van der Waals surface area (Å²) in [5.41, 5.74) is 1.96. The van der Waals surface area contributed by atoms with Crippen molar-refractivity contribution in [3.05, 3.63) is 54.9 Å². The molecule has 0 saturated carbocycles. The van der Waals surface area contributed by atoms with Crippen LogP contribution < -0.4 is 20.4 Å². The maximum atomic E-state index is 14.6. The van der Waals surface area contributed by atoms with Gasteiger partial charge in [0.05, 0.1) is 37.7 Å². The van der Waals surface area contributed by atoms with Crippen LogP contribution in [-0.4, -0.2) is 106 Å². The lowest BCUT2D eigenvalue weighted by Gasteiger charge is -2.41. The Morgan fingerprint density at radius 1 is 1.16 bits per heavy atom. The van der Waals surface area contributed by atoms with Crippen LogP contribution >= 0.6 is 0 Å². The van der Waals surface area contributed by atoms with Gasteiger partial charge in [-0.25, -0.2) is 22.8 Å². The van der Waals surface area contributed by atoms with Crippen molar-refractivity contribution in [2.24, 2.45) is 5.92 Å². The number of carbonyl (C=O) groups excluding carboxylic acids is 1. The summed E-state index contributed by atoms with van der Waals surface area (Å²) >= 11 is 0. The molecule has 4 atom stereocenters. The average molecular weight is 640 g/mol.